The molecule has 1 unspecified atom stereocenters. The molecule has 4 heteroatoms. The van der Waals surface area contributed by atoms with Crippen molar-refractivity contribution in [3.05, 3.63) is 29.8 Å². The van der Waals surface area contributed by atoms with Crippen molar-refractivity contribution in [1.82, 2.24) is 0 Å². The average molecular weight is 250 g/mol. The summed E-state index contributed by atoms with van der Waals surface area (Å²) in [4.78, 5) is 22.5. The van der Waals surface area contributed by atoms with Gasteiger partial charge in [0.1, 0.15) is 5.75 Å². The molecule has 0 aliphatic carbocycles. The highest BCUT2D eigenvalue weighted by Crippen LogP contribution is 2.16. The van der Waals surface area contributed by atoms with Crippen molar-refractivity contribution < 1.29 is 19.4 Å². The van der Waals surface area contributed by atoms with Crippen molar-refractivity contribution in [2.24, 2.45) is 5.92 Å². The smallest absolute Gasteiger partial charge is 0.306 e. The topological polar surface area (TPSA) is 63.6 Å². The maximum atomic E-state index is 11.9. The largest absolute Gasteiger partial charge is 0.497 e. The van der Waals surface area contributed by atoms with Gasteiger partial charge in [-0.3, -0.25) is 9.59 Å². The van der Waals surface area contributed by atoms with E-state index in [9.17, 15) is 9.59 Å². The molecule has 4 nitrogen and oxygen atoms in total. The van der Waals surface area contributed by atoms with Crippen LogP contribution in [-0.2, 0) is 4.79 Å². The van der Waals surface area contributed by atoms with Gasteiger partial charge in [-0.05, 0) is 25.0 Å². The number of ketones is 1. The predicted molar refractivity (Wildman–Crippen MR) is 68.0 cm³/mol. The van der Waals surface area contributed by atoms with E-state index in [0.29, 0.717) is 30.6 Å². The summed E-state index contributed by atoms with van der Waals surface area (Å²) < 4.78 is 5.05. The summed E-state index contributed by atoms with van der Waals surface area (Å²) >= 11 is 0. The van der Waals surface area contributed by atoms with E-state index in [1.807, 2.05) is 0 Å². The molecule has 0 spiro atoms. The third kappa shape index (κ3) is 4.20. The van der Waals surface area contributed by atoms with Gasteiger partial charge in [-0.2, -0.15) is 0 Å². The lowest BCUT2D eigenvalue weighted by Crippen LogP contribution is -2.10. The van der Waals surface area contributed by atoms with Crippen molar-refractivity contribution in [1.29, 1.82) is 0 Å². The molecule has 18 heavy (non-hydrogen) atoms. The normalized spacial score (nSPS) is 11.9. The van der Waals surface area contributed by atoms with Crippen LogP contribution < -0.4 is 4.74 Å². The number of Topliss-reactive ketones (excluding diaryl/α,β-unsaturated/α-hetero) is 1. The molecule has 0 radical (unpaired) electrons. The number of carbonyl (C=O) groups is 2. The fraction of sp³-hybridized carbons (Fsp3) is 0.429. The van der Waals surface area contributed by atoms with Crippen LogP contribution in [0.3, 0.4) is 0 Å². The molecule has 0 saturated heterocycles. The minimum Gasteiger partial charge on any atom is -0.497 e. The summed E-state index contributed by atoms with van der Waals surface area (Å²) in [6.45, 7) is 1.65. The van der Waals surface area contributed by atoms with E-state index in [1.165, 1.54) is 0 Å². The molecular formula is C14H18O4. The molecule has 0 heterocycles. The van der Waals surface area contributed by atoms with Gasteiger partial charge < -0.3 is 9.84 Å². The van der Waals surface area contributed by atoms with Crippen molar-refractivity contribution in [3.63, 3.8) is 0 Å². The second kappa shape index (κ2) is 6.79. The number of carboxylic acids is 1. The third-order valence-corrected chi connectivity index (χ3v) is 2.85. The highest BCUT2D eigenvalue weighted by molar-refractivity contribution is 5.96. The first-order valence-electron chi connectivity index (χ1n) is 5.94. The summed E-state index contributed by atoms with van der Waals surface area (Å²) in [5.41, 5.74) is 0.609. The first kappa shape index (κ1) is 14.2. The molecule has 0 saturated carbocycles. The van der Waals surface area contributed by atoms with E-state index in [2.05, 4.69) is 0 Å². The van der Waals surface area contributed by atoms with E-state index >= 15 is 0 Å². The zero-order chi connectivity index (χ0) is 13.5. The second-order valence-electron chi connectivity index (χ2n) is 4.29. The van der Waals surface area contributed by atoms with E-state index in [1.54, 1.807) is 38.3 Å². The predicted octanol–water partition coefficient (Wildman–Crippen LogP) is 2.77. The maximum Gasteiger partial charge on any atom is 0.306 e. The minimum atomic E-state index is -0.816. The van der Waals surface area contributed by atoms with Gasteiger partial charge in [-0.25, -0.2) is 0 Å². The number of carboxylic acid groups (broad SMARTS) is 1. The van der Waals surface area contributed by atoms with E-state index in [0.717, 1.165) is 0 Å². The van der Waals surface area contributed by atoms with Crippen LogP contribution in [0.5, 0.6) is 5.75 Å². The molecule has 1 N–H and O–H groups in total. The molecule has 0 aliphatic heterocycles. The number of methoxy groups -OCH3 is 1. The van der Waals surface area contributed by atoms with Crippen LogP contribution in [0.1, 0.15) is 36.5 Å². The van der Waals surface area contributed by atoms with Gasteiger partial charge in [0.15, 0.2) is 5.78 Å². The molecule has 1 atom stereocenters. The fourth-order valence-electron chi connectivity index (χ4n) is 1.63. The Morgan fingerprint density at radius 3 is 2.72 bits per heavy atom. The van der Waals surface area contributed by atoms with Gasteiger partial charge in [-0.1, -0.05) is 19.1 Å². The SMILES string of the molecule is COc1cccc(C(=O)CCCC(C)C(=O)O)c1. The van der Waals surface area contributed by atoms with Gasteiger partial charge in [0.05, 0.1) is 13.0 Å². The standard InChI is InChI=1S/C14H18O4/c1-10(14(16)17)5-3-8-13(15)11-6-4-7-12(9-11)18-2/h4,6-7,9-10H,3,5,8H2,1-2H3,(H,16,17). The Hall–Kier alpha value is -1.84. The Balaban J connectivity index is 2.47. The molecule has 0 amide bonds. The maximum absolute atomic E-state index is 11.9. The molecule has 0 bridgehead atoms. The Kier molecular flexibility index (Phi) is 5.36. The monoisotopic (exact) mass is 250 g/mol. The minimum absolute atomic E-state index is 0.0199. The Bertz CT molecular complexity index is 426. The fourth-order valence-corrected chi connectivity index (χ4v) is 1.63. The van der Waals surface area contributed by atoms with Gasteiger partial charge >= 0.3 is 5.97 Å². The lowest BCUT2D eigenvalue weighted by Gasteiger charge is -2.06. The summed E-state index contributed by atoms with van der Waals surface area (Å²) in [6.07, 6.45) is 1.47. The summed E-state index contributed by atoms with van der Waals surface area (Å²) in [5.74, 6) is -0.543. The van der Waals surface area contributed by atoms with Crippen LogP contribution in [0.2, 0.25) is 0 Å². The molecule has 1 aromatic rings. The van der Waals surface area contributed by atoms with E-state index < -0.39 is 11.9 Å². The van der Waals surface area contributed by atoms with Gasteiger partial charge in [0, 0.05) is 12.0 Å². The molecule has 0 aliphatic rings. The van der Waals surface area contributed by atoms with Crippen LogP contribution in [0, 0.1) is 5.92 Å². The van der Waals surface area contributed by atoms with E-state index in [-0.39, 0.29) is 5.78 Å². The highest BCUT2D eigenvalue weighted by atomic mass is 16.5. The molecule has 0 aromatic heterocycles. The van der Waals surface area contributed by atoms with Crippen molar-refractivity contribution >= 4 is 11.8 Å². The zero-order valence-corrected chi connectivity index (χ0v) is 10.7. The summed E-state index contributed by atoms with van der Waals surface area (Å²) in [5, 5.41) is 8.73. The third-order valence-electron chi connectivity index (χ3n) is 2.85. The number of hydrogen-bond acceptors (Lipinski definition) is 3. The van der Waals surface area contributed by atoms with Gasteiger partial charge in [-0.15, -0.1) is 0 Å². The van der Waals surface area contributed by atoms with Crippen molar-refractivity contribution in [3.8, 4) is 5.75 Å². The van der Waals surface area contributed by atoms with Crippen LogP contribution in [0.4, 0.5) is 0 Å². The number of carbonyl (C=O) groups excluding carboxylic acids is 1. The second-order valence-corrected chi connectivity index (χ2v) is 4.29. The lowest BCUT2D eigenvalue weighted by atomic mass is 10.0. The first-order chi connectivity index (χ1) is 8.54. The number of hydrogen-bond donors (Lipinski definition) is 1. The van der Waals surface area contributed by atoms with Gasteiger partial charge in [0.2, 0.25) is 0 Å². The average Bonchev–Trinajstić information content (AvgIpc) is 2.38. The first-order valence-corrected chi connectivity index (χ1v) is 5.94. The number of ether oxygens (including phenoxy) is 1. The molecule has 1 rings (SSSR count). The van der Waals surface area contributed by atoms with Crippen LogP contribution in [-0.4, -0.2) is 24.0 Å². The van der Waals surface area contributed by atoms with E-state index in [4.69, 9.17) is 9.84 Å². The lowest BCUT2D eigenvalue weighted by molar-refractivity contribution is -0.141. The quantitative estimate of drug-likeness (QED) is 0.756. The summed E-state index contributed by atoms with van der Waals surface area (Å²) in [7, 11) is 1.55. The highest BCUT2D eigenvalue weighted by Gasteiger charge is 2.12. The summed E-state index contributed by atoms with van der Waals surface area (Å²) in [6, 6.07) is 6.99. The molecule has 1 aromatic carbocycles. The number of aliphatic carboxylic acids is 1. The van der Waals surface area contributed by atoms with Crippen LogP contribution >= 0.6 is 0 Å². The molecule has 0 fully saturated rings. The van der Waals surface area contributed by atoms with Gasteiger partial charge in [0.25, 0.3) is 0 Å². The van der Waals surface area contributed by atoms with Crippen LogP contribution in [0.15, 0.2) is 24.3 Å². The zero-order valence-electron chi connectivity index (χ0n) is 10.7. The number of benzene rings is 1. The molecule has 98 valence electrons. The Labute approximate surface area is 107 Å². The van der Waals surface area contributed by atoms with Crippen LogP contribution in [0.25, 0.3) is 0 Å². The van der Waals surface area contributed by atoms with Crippen molar-refractivity contribution in [2.75, 3.05) is 7.11 Å². The Morgan fingerprint density at radius 1 is 1.39 bits per heavy atom. The Morgan fingerprint density at radius 2 is 2.11 bits per heavy atom. The van der Waals surface area contributed by atoms with Crippen molar-refractivity contribution in [2.45, 2.75) is 26.2 Å². The molecular weight excluding hydrogens is 232 g/mol. The number of rotatable bonds is 7.